The lowest BCUT2D eigenvalue weighted by molar-refractivity contribution is -0.128. The Kier molecular flexibility index (Phi) is 5.73. The molecule has 138 valence electrons. The second kappa shape index (κ2) is 7.99. The van der Waals surface area contributed by atoms with Gasteiger partial charge in [-0.25, -0.2) is 0 Å². The molecule has 0 spiro atoms. The molecule has 0 unspecified atom stereocenters. The summed E-state index contributed by atoms with van der Waals surface area (Å²) in [6.07, 6.45) is 5.28. The summed E-state index contributed by atoms with van der Waals surface area (Å²) in [5.74, 6) is 0.418. The summed E-state index contributed by atoms with van der Waals surface area (Å²) in [6, 6.07) is -0.371. The molecule has 0 aliphatic carbocycles. The molecule has 1 aromatic heterocycles. The van der Waals surface area contributed by atoms with Gasteiger partial charge < -0.3 is 15.0 Å². The zero-order chi connectivity index (χ0) is 17.8. The molecule has 3 heterocycles. The molecule has 0 bridgehead atoms. The zero-order valence-electron chi connectivity index (χ0n) is 15.2. The summed E-state index contributed by atoms with van der Waals surface area (Å²) in [7, 11) is 0. The van der Waals surface area contributed by atoms with E-state index in [4.69, 9.17) is 4.74 Å². The monoisotopic (exact) mass is 348 g/mol. The topological polar surface area (TPSA) is 76.5 Å². The molecule has 7 heteroatoms. The predicted octanol–water partition coefficient (Wildman–Crippen LogP) is 1.36. The van der Waals surface area contributed by atoms with Crippen LogP contribution in [0.15, 0.2) is 6.20 Å². The van der Waals surface area contributed by atoms with Gasteiger partial charge in [-0.2, -0.15) is 5.10 Å². The van der Waals surface area contributed by atoms with Crippen LogP contribution in [0.3, 0.4) is 0 Å². The third-order valence-electron chi connectivity index (χ3n) is 5.26. The predicted molar refractivity (Wildman–Crippen MR) is 93.2 cm³/mol. The van der Waals surface area contributed by atoms with Gasteiger partial charge >= 0.3 is 0 Å². The molecule has 1 atom stereocenters. The molecule has 3 rings (SSSR count). The number of carbonyl (C=O) groups excluding carboxylic acids is 2. The maximum absolute atomic E-state index is 13.0. The van der Waals surface area contributed by atoms with Crippen LogP contribution in [0.25, 0.3) is 0 Å². The maximum atomic E-state index is 13.0. The number of amides is 2. The van der Waals surface area contributed by atoms with Crippen molar-refractivity contribution in [3.63, 3.8) is 0 Å². The van der Waals surface area contributed by atoms with Crippen molar-refractivity contribution in [2.24, 2.45) is 5.92 Å². The first-order chi connectivity index (χ1) is 12.1. The lowest BCUT2D eigenvalue weighted by atomic mass is 10.0. The molecule has 2 aliphatic heterocycles. The average molecular weight is 348 g/mol. The lowest BCUT2D eigenvalue weighted by Gasteiger charge is -2.35. The first kappa shape index (κ1) is 17.9. The quantitative estimate of drug-likeness (QED) is 0.872. The number of hydrogen-bond acceptors (Lipinski definition) is 4. The number of nitrogens with one attached hydrogen (secondary N) is 1. The van der Waals surface area contributed by atoms with Crippen molar-refractivity contribution in [1.29, 1.82) is 0 Å². The Morgan fingerprint density at radius 2 is 2.16 bits per heavy atom. The fourth-order valence-corrected chi connectivity index (χ4v) is 3.69. The van der Waals surface area contributed by atoms with Crippen LogP contribution < -0.4 is 5.32 Å². The summed E-state index contributed by atoms with van der Waals surface area (Å²) in [6.45, 7) is 7.47. The number of carbonyl (C=O) groups is 2. The van der Waals surface area contributed by atoms with Crippen LogP contribution >= 0.6 is 0 Å². The second-order valence-corrected chi connectivity index (χ2v) is 6.98. The zero-order valence-corrected chi connectivity index (χ0v) is 15.2. The minimum absolute atomic E-state index is 0.0475. The number of aromatic nitrogens is 2. The Balaban J connectivity index is 1.74. The van der Waals surface area contributed by atoms with Gasteiger partial charge in [0.1, 0.15) is 6.04 Å². The normalized spacial score (nSPS) is 22.1. The molecule has 7 nitrogen and oxygen atoms in total. The number of ether oxygens (including phenoxy) is 1. The lowest BCUT2D eigenvalue weighted by Crippen LogP contribution is -2.57. The molecule has 2 aliphatic rings. The van der Waals surface area contributed by atoms with Crippen LogP contribution in [0, 0.1) is 12.8 Å². The van der Waals surface area contributed by atoms with Crippen molar-refractivity contribution in [3.8, 4) is 0 Å². The number of nitrogens with zero attached hydrogens (tertiary/aromatic N) is 3. The first-order valence-corrected chi connectivity index (χ1v) is 9.30. The number of piperazine rings is 1. The molecule has 0 radical (unpaired) electrons. The molecule has 2 amide bonds. The van der Waals surface area contributed by atoms with E-state index < -0.39 is 0 Å². The molecule has 2 saturated heterocycles. The Morgan fingerprint density at radius 3 is 2.88 bits per heavy atom. The van der Waals surface area contributed by atoms with E-state index in [1.807, 2.05) is 18.5 Å². The third kappa shape index (κ3) is 3.86. The van der Waals surface area contributed by atoms with Crippen molar-refractivity contribution >= 4 is 11.8 Å². The fourth-order valence-electron chi connectivity index (χ4n) is 3.69. The van der Waals surface area contributed by atoms with Gasteiger partial charge in [-0.15, -0.1) is 0 Å². The van der Waals surface area contributed by atoms with E-state index in [1.54, 1.807) is 11.1 Å². The van der Waals surface area contributed by atoms with Crippen LogP contribution in [0.5, 0.6) is 0 Å². The molecule has 0 aromatic carbocycles. The van der Waals surface area contributed by atoms with Gasteiger partial charge in [0, 0.05) is 38.5 Å². The van der Waals surface area contributed by atoms with Crippen LogP contribution in [0.4, 0.5) is 0 Å². The van der Waals surface area contributed by atoms with Gasteiger partial charge in [0.2, 0.25) is 5.91 Å². The molecule has 0 saturated carbocycles. The van der Waals surface area contributed by atoms with Gasteiger partial charge in [-0.05, 0) is 32.1 Å². The van der Waals surface area contributed by atoms with E-state index in [1.165, 1.54) is 0 Å². The van der Waals surface area contributed by atoms with Gasteiger partial charge in [-0.1, -0.05) is 13.3 Å². The van der Waals surface area contributed by atoms with Crippen molar-refractivity contribution in [3.05, 3.63) is 17.5 Å². The van der Waals surface area contributed by atoms with Crippen molar-refractivity contribution in [1.82, 2.24) is 20.0 Å². The van der Waals surface area contributed by atoms with Crippen LogP contribution in [-0.2, 0) is 16.1 Å². The summed E-state index contributed by atoms with van der Waals surface area (Å²) >= 11 is 0. The summed E-state index contributed by atoms with van der Waals surface area (Å²) in [5, 5.41) is 7.31. The highest BCUT2D eigenvalue weighted by Crippen LogP contribution is 2.21. The van der Waals surface area contributed by atoms with Gasteiger partial charge in [-0.3, -0.25) is 14.3 Å². The standard InChI is InChI=1S/C18H28N4O3/c1-3-4-16-17(23)19-7-8-21(16)18(24)15-11-20-22(13(15)2)12-14-5-9-25-10-6-14/h11,14,16H,3-10,12H2,1-2H3,(H,19,23)/t16-/m1/s1. The van der Waals surface area contributed by atoms with Crippen LogP contribution in [-0.4, -0.2) is 58.8 Å². The van der Waals surface area contributed by atoms with Gasteiger partial charge in [0.05, 0.1) is 11.8 Å². The van der Waals surface area contributed by atoms with Crippen molar-refractivity contribution in [2.75, 3.05) is 26.3 Å². The average Bonchev–Trinajstić information content (AvgIpc) is 2.98. The van der Waals surface area contributed by atoms with E-state index in [-0.39, 0.29) is 17.9 Å². The smallest absolute Gasteiger partial charge is 0.258 e. The van der Waals surface area contributed by atoms with E-state index in [9.17, 15) is 9.59 Å². The Bertz CT molecular complexity index is 622. The Hall–Kier alpha value is -1.89. The fraction of sp³-hybridized carbons (Fsp3) is 0.722. The third-order valence-corrected chi connectivity index (χ3v) is 5.26. The summed E-state index contributed by atoms with van der Waals surface area (Å²) in [5.41, 5.74) is 1.50. The largest absolute Gasteiger partial charge is 0.381 e. The molecule has 2 fully saturated rings. The van der Waals surface area contributed by atoms with Crippen LogP contribution in [0.2, 0.25) is 0 Å². The highest BCUT2D eigenvalue weighted by molar-refractivity contribution is 5.98. The molecule has 1 N–H and O–H groups in total. The number of rotatable bonds is 5. The highest BCUT2D eigenvalue weighted by Gasteiger charge is 2.34. The first-order valence-electron chi connectivity index (χ1n) is 9.30. The van der Waals surface area contributed by atoms with E-state index in [2.05, 4.69) is 10.4 Å². The van der Waals surface area contributed by atoms with Crippen LogP contribution in [0.1, 0.15) is 48.7 Å². The van der Waals surface area contributed by atoms with Crippen molar-refractivity contribution in [2.45, 2.75) is 52.1 Å². The maximum Gasteiger partial charge on any atom is 0.258 e. The molecular weight excluding hydrogens is 320 g/mol. The minimum atomic E-state index is -0.371. The minimum Gasteiger partial charge on any atom is -0.381 e. The Labute approximate surface area is 148 Å². The summed E-state index contributed by atoms with van der Waals surface area (Å²) in [4.78, 5) is 26.9. The molecule has 25 heavy (non-hydrogen) atoms. The van der Waals surface area contributed by atoms with E-state index in [0.717, 1.165) is 44.7 Å². The second-order valence-electron chi connectivity index (χ2n) is 6.98. The van der Waals surface area contributed by atoms with Gasteiger partial charge in [0.15, 0.2) is 0 Å². The number of hydrogen-bond donors (Lipinski definition) is 1. The van der Waals surface area contributed by atoms with E-state index in [0.29, 0.717) is 31.0 Å². The molecular formula is C18H28N4O3. The van der Waals surface area contributed by atoms with E-state index >= 15 is 0 Å². The highest BCUT2D eigenvalue weighted by atomic mass is 16.5. The van der Waals surface area contributed by atoms with Crippen molar-refractivity contribution < 1.29 is 14.3 Å². The van der Waals surface area contributed by atoms with Gasteiger partial charge in [0.25, 0.3) is 5.91 Å². The SMILES string of the molecule is CCC[C@@H]1C(=O)NCCN1C(=O)c1cnn(CC2CCOCC2)c1C. The molecule has 1 aromatic rings. The summed E-state index contributed by atoms with van der Waals surface area (Å²) < 4.78 is 7.34. The Morgan fingerprint density at radius 1 is 1.40 bits per heavy atom.